The minimum absolute atomic E-state index is 0.167. The molecule has 0 atom stereocenters. The van der Waals surface area contributed by atoms with Crippen LogP contribution in [0.2, 0.25) is 0 Å². The molecular formula is C19H19NO2. The van der Waals surface area contributed by atoms with E-state index in [2.05, 4.69) is 35.8 Å². The van der Waals surface area contributed by atoms with Gasteiger partial charge in [0.2, 0.25) is 0 Å². The normalized spacial score (nSPS) is 11.0. The molecule has 2 aromatic carbocycles. The molecule has 0 aliphatic heterocycles. The molecular weight excluding hydrogens is 274 g/mol. The topological polar surface area (TPSA) is 42.2 Å². The Kier molecular flexibility index (Phi) is 3.96. The van der Waals surface area contributed by atoms with Gasteiger partial charge in [-0.1, -0.05) is 48.5 Å². The quantitative estimate of drug-likeness (QED) is 0.772. The van der Waals surface area contributed by atoms with Crippen molar-refractivity contribution in [2.45, 2.75) is 26.3 Å². The molecule has 22 heavy (non-hydrogen) atoms. The van der Waals surface area contributed by atoms with Crippen molar-refractivity contribution < 1.29 is 9.90 Å². The van der Waals surface area contributed by atoms with Crippen molar-refractivity contribution in [3.05, 3.63) is 71.4 Å². The lowest BCUT2D eigenvalue weighted by atomic mass is 10.1. The third-order valence-corrected chi connectivity index (χ3v) is 4.13. The lowest BCUT2D eigenvalue weighted by molar-refractivity contribution is -0.136. The van der Waals surface area contributed by atoms with Gasteiger partial charge in [-0.2, -0.15) is 0 Å². The van der Waals surface area contributed by atoms with Crippen LogP contribution >= 0.6 is 0 Å². The number of aliphatic carboxylic acids is 1. The van der Waals surface area contributed by atoms with Crippen LogP contribution in [0, 0.1) is 6.92 Å². The first kappa shape index (κ1) is 14.4. The monoisotopic (exact) mass is 293 g/mol. The van der Waals surface area contributed by atoms with E-state index in [4.69, 9.17) is 5.11 Å². The van der Waals surface area contributed by atoms with Crippen molar-refractivity contribution in [1.29, 1.82) is 0 Å². The summed E-state index contributed by atoms with van der Waals surface area (Å²) in [6.45, 7) is 2.89. The van der Waals surface area contributed by atoms with E-state index in [1.165, 1.54) is 11.1 Å². The van der Waals surface area contributed by atoms with E-state index < -0.39 is 5.97 Å². The number of carboxylic acids is 1. The molecule has 0 aliphatic carbocycles. The van der Waals surface area contributed by atoms with Crippen LogP contribution in [0.5, 0.6) is 0 Å². The largest absolute Gasteiger partial charge is 0.481 e. The molecule has 0 bridgehead atoms. The number of aromatic nitrogens is 1. The zero-order valence-electron chi connectivity index (χ0n) is 12.6. The molecule has 3 heteroatoms. The summed E-state index contributed by atoms with van der Waals surface area (Å²) in [7, 11) is 0. The summed E-state index contributed by atoms with van der Waals surface area (Å²) in [5.41, 5.74) is 4.72. The number of hydrogen-bond acceptors (Lipinski definition) is 1. The first-order valence-corrected chi connectivity index (χ1v) is 7.49. The number of rotatable bonds is 5. The smallest absolute Gasteiger partial charge is 0.303 e. The molecule has 3 aromatic rings. The van der Waals surface area contributed by atoms with Crippen molar-refractivity contribution >= 4 is 16.9 Å². The van der Waals surface area contributed by atoms with Gasteiger partial charge in [0.1, 0.15) is 0 Å². The van der Waals surface area contributed by atoms with E-state index in [9.17, 15) is 4.79 Å². The number of aryl methyl sites for hydroxylation is 1. The van der Waals surface area contributed by atoms with Gasteiger partial charge in [0.25, 0.3) is 0 Å². The second-order valence-corrected chi connectivity index (χ2v) is 5.55. The van der Waals surface area contributed by atoms with Crippen molar-refractivity contribution in [2.75, 3.05) is 0 Å². The van der Waals surface area contributed by atoms with Gasteiger partial charge in [-0.15, -0.1) is 0 Å². The van der Waals surface area contributed by atoms with Gasteiger partial charge in [-0.3, -0.25) is 4.79 Å². The molecule has 112 valence electrons. The first-order chi connectivity index (χ1) is 10.7. The number of carboxylic acid groups (broad SMARTS) is 1. The van der Waals surface area contributed by atoms with Crippen LogP contribution in [0.25, 0.3) is 10.9 Å². The van der Waals surface area contributed by atoms with Gasteiger partial charge in [0.15, 0.2) is 0 Å². The first-order valence-electron chi connectivity index (χ1n) is 7.49. The molecule has 0 radical (unpaired) electrons. The van der Waals surface area contributed by atoms with E-state index in [0.717, 1.165) is 23.2 Å². The van der Waals surface area contributed by atoms with E-state index in [1.807, 2.05) is 30.3 Å². The van der Waals surface area contributed by atoms with Gasteiger partial charge in [-0.05, 0) is 30.5 Å². The molecule has 0 amide bonds. The highest BCUT2D eigenvalue weighted by Gasteiger charge is 2.14. The minimum Gasteiger partial charge on any atom is -0.481 e. The number of nitrogens with zero attached hydrogens (tertiary/aromatic N) is 1. The number of hydrogen-bond donors (Lipinski definition) is 1. The van der Waals surface area contributed by atoms with Gasteiger partial charge < -0.3 is 9.67 Å². The Morgan fingerprint density at radius 1 is 1.05 bits per heavy atom. The second-order valence-electron chi connectivity index (χ2n) is 5.55. The number of para-hydroxylation sites is 1. The van der Waals surface area contributed by atoms with Crippen LogP contribution in [0.3, 0.4) is 0 Å². The number of benzene rings is 2. The van der Waals surface area contributed by atoms with E-state index in [-0.39, 0.29) is 6.42 Å². The Labute approximate surface area is 129 Å². The summed E-state index contributed by atoms with van der Waals surface area (Å²) in [5, 5.41) is 10.1. The number of fused-ring (bicyclic) bond motifs is 1. The van der Waals surface area contributed by atoms with Gasteiger partial charge >= 0.3 is 5.97 Å². The van der Waals surface area contributed by atoms with Crippen LogP contribution in [0.1, 0.15) is 23.2 Å². The lowest BCUT2D eigenvalue weighted by Crippen LogP contribution is -2.03. The van der Waals surface area contributed by atoms with Gasteiger partial charge in [0.05, 0.1) is 0 Å². The van der Waals surface area contributed by atoms with E-state index >= 15 is 0 Å². The van der Waals surface area contributed by atoms with Crippen molar-refractivity contribution in [2.24, 2.45) is 0 Å². The lowest BCUT2D eigenvalue weighted by Gasteiger charge is -2.09. The summed E-state index contributed by atoms with van der Waals surface area (Å²) in [6.07, 6.45) is 0.740. The zero-order valence-corrected chi connectivity index (χ0v) is 12.6. The fourth-order valence-corrected chi connectivity index (χ4v) is 3.02. The van der Waals surface area contributed by atoms with Crippen molar-refractivity contribution in [3.8, 4) is 0 Å². The average molecular weight is 293 g/mol. The summed E-state index contributed by atoms with van der Waals surface area (Å²) >= 11 is 0. The minimum atomic E-state index is -0.751. The molecule has 3 nitrogen and oxygen atoms in total. The van der Waals surface area contributed by atoms with Crippen LogP contribution < -0.4 is 0 Å². The molecule has 0 aliphatic rings. The van der Waals surface area contributed by atoms with Crippen LogP contribution in [-0.2, 0) is 17.8 Å². The third kappa shape index (κ3) is 2.75. The summed E-state index contributed by atoms with van der Waals surface area (Å²) in [5.74, 6) is -0.751. The van der Waals surface area contributed by atoms with E-state index in [1.54, 1.807) is 0 Å². The summed E-state index contributed by atoms with van der Waals surface area (Å²) in [6, 6.07) is 18.6. The SMILES string of the molecule is Cc1c(CCC(=O)O)c2ccccc2n1Cc1ccccc1. The van der Waals surface area contributed by atoms with Crippen LogP contribution in [0.15, 0.2) is 54.6 Å². The number of carbonyl (C=O) groups is 1. The summed E-state index contributed by atoms with van der Waals surface area (Å²) < 4.78 is 2.28. The van der Waals surface area contributed by atoms with Crippen molar-refractivity contribution in [1.82, 2.24) is 4.57 Å². The fraction of sp³-hybridized carbons (Fsp3) is 0.211. The van der Waals surface area contributed by atoms with E-state index in [0.29, 0.717) is 6.42 Å². The highest BCUT2D eigenvalue weighted by atomic mass is 16.4. The highest BCUT2D eigenvalue weighted by Crippen LogP contribution is 2.27. The second kappa shape index (κ2) is 6.06. The van der Waals surface area contributed by atoms with Crippen LogP contribution in [0.4, 0.5) is 0 Å². The standard InChI is InChI=1S/C19H19NO2/c1-14-16(11-12-19(21)22)17-9-5-6-10-18(17)20(14)13-15-7-3-2-4-8-15/h2-10H,11-13H2,1H3,(H,21,22). The molecule has 1 aromatic heterocycles. The van der Waals surface area contributed by atoms with Crippen LogP contribution in [-0.4, -0.2) is 15.6 Å². The highest BCUT2D eigenvalue weighted by molar-refractivity contribution is 5.86. The molecule has 0 saturated carbocycles. The third-order valence-electron chi connectivity index (χ3n) is 4.13. The van der Waals surface area contributed by atoms with Crippen molar-refractivity contribution in [3.63, 3.8) is 0 Å². The Hall–Kier alpha value is -2.55. The fourth-order valence-electron chi connectivity index (χ4n) is 3.02. The Morgan fingerprint density at radius 2 is 1.73 bits per heavy atom. The Bertz CT molecular complexity index is 803. The molecule has 0 saturated heterocycles. The van der Waals surface area contributed by atoms with Gasteiger partial charge in [-0.25, -0.2) is 0 Å². The molecule has 3 rings (SSSR count). The Balaban J connectivity index is 2.06. The molecule has 1 N–H and O–H groups in total. The zero-order chi connectivity index (χ0) is 15.5. The predicted octanol–water partition coefficient (Wildman–Crippen LogP) is 4.02. The Morgan fingerprint density at radius 3 is 2.45 bits per heavy atom. The molecule has 1 heterocycles. The molecule has 0 unspecified atom stereocenters. The predicted molar refractivity (Wildman–Crippen MR) is 88.2 cm³/mol. The molecule has 0 spiro atoms. The summed E-state index contributed by atoms with van der Waals surface area (Å²) in [4.78, 5) is 10.9. The average Bonchev–Trinajstić information content (AvgIpc) is 2.79. The van der Waals surface area contributed by atoms with Gasteiger partial charge in [0, 0.05) is 29.6 Å². The molecule has 0 fully saturated rings. The maximum atomic E-state index is 10.9. The maximum absolute atomic E-state index is 10.9. The maximum Gasteiger partial charge on any atom is 0.303 e.